The van der Waals surface area contributed by atoms with Crippen molar-refractivity contribution in [2.45, 2.75) is 57.9 Å². The van der Waals surface area contributed by atoms with E-state index in [9.17, 15) is 9.59 Å². The first-order chi connectivity index (χ1) is 10.7. The van der Waals surface area contributed by atoms with Crippen molar-refractivity contribution in [2.75, 3.05) is 10.6 Å². The quantitative estimate of drug-likeness (QED) is 0.739. The van der Waals surface area contributed by atoms with Gasteiger partial charge in [0.2, 0.25) is 5.91 Å². The van der Waals surface area contributed by atoms with Crippen LogP contribution in [0.4, 0.5) is 16.2 Å². The average Bonchev–Trinajstić information content (AvgIpc) is 2.76. The highest BCUT2D eigenvalue weighted by Gasteiger charge is 2.14. The molecule has 1 fully saturated rings. The summed E-state index contributed by atoms with van der Waals surface area (Å²) < 4.78 is 0. The average molecular weight is 303 g/mol. The molecule has 0 saturated heterocycles. The number of urea groups is 1. The third-order valence-electron chi connectivity index (χ3n) is 3.92. The minimum atomic E-state index is -0.175. The summed E-state index contributed by atoms with van der Waals surface area (Å²) in [7, 11) is 0. The first-order valence-electron chi connectivity index (χ1n) is 8.15. The lowest BCUT2D eigenvalue weighted by Gasteiger charge is -2.17. The lowest BCUT2D eigenvalue weighted by Crippen LogP contribution is -2.37. The zero-order valence-electron chi connectivity index (χ0n) is 13.2. The van der Waals surface area contributed by atoms with Gasteiger partial charge in [-0.05, 0) is 31.0 Å². The molecule has 0 atom stereocenters. The number of anilines is 2. The second kappa shape index (κ2) is 8.41. The summed E-state index contributed by atoms with van der Waals surface area (Å²) in [5.41, 5.74) is 1.37. The maximum absolute atomic E-state index is 12.1. The van der Waals surface area contributed by atoms with Crippen LogP contribution >= 0.6 is 0 Å². The highest BCUT2D eigenvalue weighted by Crippen LogP contribution is 2.18. The molecule has 1 saturated carbocycles. The number of hydrogen-bond acceptors (Lipinski definition) is 2. The van der Waals surface area contributed by atoms with Crippen molar-refractivity contribution < 1.29 is 9.59 Å². The number of hydrogen-bond donors (Lipinski definition) is 3. The molecule has 1 aliphatic rings. The van der Waals surface area contributed by atoms with E-state index < -0.39 is 0 Å². The predicted molar refractivity (Wildman–Crippen MR) is 89.0 cm³/mol. The first-order valence-corrected chi connectivity index (χ1v) is 8.15. The van der Waals surface area contributed by atoms with E-state index in [2.05, 4.69) is 16.0 Å². The van der Waals surface area contributed by atoms with E-state index in [1.54, 1.807) is 13.0 Å². The molecular formula is C17H25N3O2. The second-order valence-corrected chi connectivity index (χ2v) is 5.77. The van der Waals surface area contributed by atoms with Gasteiger partial charge in [-0.25, -0.2) is 4.79 Å². The Morgan fingerprint density at radius 2 is 1.68 bits per heavy atom. The molecule has 120 valence electrons. The van der Waals surface area contributed by atoms with Gasteiger partial charge >= 0.3 is 6.03 Å². The summed E-state index contributed by atoms with van der Waals surface area (Å²) in [4.78, 5) is 23.5. The summed E-state index contributed by atoms with van der Waals surface area (Å²) in [6, 6.07) is 7.29. The van der Waals surface area contributed by atoms with E-state index in [1.165, 1.54) is 25.7 Å². The van der Waals surface area contributed by atoms with Crippen molar-refractivity contribution in [3.63, 3.8) is 0 Å². The molecule has 3 N–H and O–H groups in total. The number of carbonyl (C=O) groups excluding carboxylic acids is 2. The van der Waals surface area contributed by atoms with Crippen LogP contribution in [-0.2, 0) is 4.79 Å². The van der Waals surface area contributed by atoms with E-state index >= 15 is 0 Å². The molecule has 5 nitrogen and oxygen atoms in total. The Hall–Kier alpha value is -2.04. The smallest absolute Gasteiger partial charge is 0.319 e. The SMILES string of the molecule is CCC(=O)Nc1cccc(NC(=O)NC2CCCCCC2)c1. The van der Waals surface area contributed by atoms with Crippen LogP contribution in [0.25, 0.3) is 0 Å². The molecular weight excluding hydrogens is 278 g/mol. The molecule has 1 aliphatic carbocycles. The standard InChI is InChI=1S/C17H25N3O2/c1-2-16(21)18-14-10-7-11-15(12-14)20-17(22)19-13-8-5-3-4-6-9-13/h7,10-13H,2-6,8-9H2,1H3,(H,18,21)(H2,19,20,22). The van der Waals surface area contributed by atoms with Crippen LogP contribution in [-0.4, -0.2) is 18.0 Å². The van der Waals surface area contributed by atoms with Gasteiger partial charge in [0, 0.05) is 23.8 Å². The molecule has 3 amide bonds. The van der Waals surface area contributed by atoms with Crippen LogP contribution in [0, 0.1) is 0 Å². The molecule has 0 heterocycles. The van der Waals surface area contributed by atoms with E-state index in [-0.39, 0.29) is 18.0 Å². The minimum Gasteiger partial charge on any atom is -0.335 e. The zero-order valence-corrected chi connectivity index (χ0v) is 13.2. The summed E-state index contributed by atoms with van der Waals surface area (Å²) >= 11 is 0. The number of amides is 3. The topological polar surface area (TPSA) is 70.2 Å². The highest BCUT2D eigenvalue weighted by atomic mass is 16.2. The fourth-order valence-corrected chi connectivity index (χ4v) is 2.70. The van der Waals surface area contributed by atoms with Gasteiger partial charge in [0.25, 0.3) is 0 Å². The lowest BCUT2D eigenvalue weighted by atomic mass is 10.1. The fraction of sp³-hybridized carbons (Fsp3) is 0.529. The van der Waals surface area contributed by atoms with Gasteiger partial charge < -0.3 is 16.0 Å². The Kier molecular flexibility index (Phi) is 6.25. The van der Waals surface area contributed by atoms with Crippen molar-refractivity contribution in [3.05, 3.63) is 24.3 Å². The van der Waals surface area contributed by atoms with Crippen molar-refractivity contribution >= 4 is 23.3 Å². The van der Waals surface area contributed by atoms with Crippen molar-refractivity contribution in [1.29, 1.82) is 0 Å². The van der Waals surface area contributed by atoms with E-state index in [1.807, 2.05) is 18.2 Å². The van der Waals surface area contributed by atoms with E-state index in [0.717, 1.165) is 12.8 Å². The lowest BCUT2D eigenvalue weighted by molar-refractivity contribution is -0.115. The van der Waals surface area contributed by atoms with E-state index in [0.29, 0.717) is 17.8 Å². The molecule has 2 rings (SSSR count). The van der Waals surface area contributed by atoms with Gasteiger partial charge in [-0.2, -0.15) is 0 Å². The van der Waals surface area contributed by atoms with Crippen LogP contribution in [0.2, 0.25) is 0 Å². The third kappa shape index (κ3) is 5.39. The summed E-state index contributed by atoms with van der Waals surface area (Å²) in [6.07, 6.45) is 7.44. The van der Waals surface area contributed by atoms with Crippen molar-refractivity contribution in [2.24, 2.45) is 0 Å². The van der Waals surface area contributed by atoms with Crippen LogP contribution in [0.1, 0.15) is 51.9 Å². The van der Waals surface area contributed by atoms with Gasteiger partial charge in [0.05, 0.1) is 0 Å². The first kappa shape index (κ1) is 16.3. The molecule has 22 heavy (non-hydrogen) atoms. The Morgan fingerprint density at radius 1 is 1.05 bits per heavy atom. The predicted octanol–water partition coefficient (Wildman–Crippen LogP) is 3.88. The summed E-state index contributed by atoms with van der Waals surface area (Å²) in [5, 5.41) is 8.67. The van der Waals surface area contributed by atoms with Gasteiger partial charge in [-0.3, -0.25) is 4.79 Å². The number of nitrogens with one attached hydrogen (secondary N) is 3. The van der Waals surface area contributed by atoms with Crippen molar-refractivity contribution in [1.82, 2.24) is 5.32 Å². The van der Waals surface area contributed by atoms with Crippen LogP contribution in [0.3, 0.4) is 0 Å². The monoisotopic (exact) mass is 303 g/mol. The Labute approximate surface area is 131 Å². The third-order valence-corrected chi connectivity index (χ3v) is 3.92. The molecule has 0 aromatic heterocycles. The number of rotatable bonds is 4. The Bertz CT molecular complexity index is 508. The molecule has 1 aromatic carbocycles. The largest absolute Gasteiger partial charge is 0.335 e. The molecule has 0 bridgehead atoms. The number of carbonyl (C=O) groups is 2. The molecule has 0 spiro atoms. The zero-order chi connectivity index (χ0) is 15.8. The summed E-state index contributed by atoms with van der Waals surface area (Å²) in [5.74, 6) is -0.0416. The number of benzene rings is 1. The summed E-state index contributed by atoms with van der Waals surface area (Å²) in [6.45, 7) is 1.80. The van der Waals surface area contributed by atoms with Crippen LogP contribution in [0.5, 0.6) is 0 Å². The van der Waals surface area contributed by atoms with Gasteiger partial charge in [0.15, 0.2) is 0 Å². The van der Waals surface area contributed by atoms with Crippen molar-refractivity contribution in [3.8, 4) is 0 Å². The molecule has 0 radical (unpaired) electrons. The van der Waals surface area contributed by atoms with E-state index in [4.69, 9.17) is 0 Å². The minimum absolute atomic E-state index is 0.0416. The second-order valence-electron chi connectivity index (χ2n) is 5.77. The Morgan fingerprint density at radius 3 is 2.32 bits per heavy atom. The fourth-order valence-electron chi connectivity index (χ4n) is 2.70. The van der Waals surface area contributed by atoms with Crippen LogP contribution < -0.4 is 16.0 Å². The Balaban J connectivity index is 1.87. The normalized spacial score (nSPS) is 15.7. The molecule has 5 heteroatoms. The van der Waals surface area contributed by atoms with Gasteiger partial charge in [-0.1, -0.05) is 38.7 Å². The highest BCUT2D eigenvalue weighted by molar-refractivity contribution is 5.93. The molecule has 0 aliphatic heterocycles. The molecule has 1 aromatic rings. The maximum Gasteiger partial charge on any atom is 0.319 e. The van der Waals surface area contributed by atoms with Crippen LogP contribution in [0.15, 0.2) is 24.3 Å². The molecule has 0 unspecified atom stereocenters. The van der Waals surface area contributed by atoms with Gasteiger partial charge in [0.1, 0.15) is 0 Å². The van der Waals surface area contributed by atoms with Gasteiger partial charge in [-0.15, -0.1) is 0 Å². The maximum atomic E-state index is 12.1.